The van der Waals surface area contributed by atoms with E-state index in [-0.39, 0.29) is 4.90 Å². The predicted octanol–water partition coefficient (Wildman–Crippen LogP) is 3.82. The summed E-state index contributed by atoms with van der Waals surface area (Å²) >= 11 is 5.95. The van der Waals surface area contributed by atoms with Gasteiger partial charge >= 0.3 is 0 Å². The van der Waals surface area contributed by atoms with Crippen molar-refractivity contribution in [2.75, 3.05) is 16.2 Å². The van der Waals surface area contributed by atoms with Crippen molar-refractivity contribution in [3.8, 4) is 0 Å². The third-order valence-electron chi connectivity index (χ3n) is 4.33. The highest BCUT2D eigenvalue weighted by Crippen LogP contribution is 2.27. The van der Waals surface area contributed by atoms with Crippen LogP contribution in [0.4, 0.5) is 11.4 Å². The molecule has 1 aromatic heterocycles. The molecular weight excluding hydrogens is 412 g/mol. The van der Waals surface area contributed by atoms with E-state index in [1.807, 2.05) is 6.92 Å². The van der Waals surface area contributed by atoms with Gasteiger partial charge in [0, 0.05) is 10.7 Å². The Balaban J connectivity index is 1.97. The highest BCUT2D eigenvalue weighted by Gasteiger charge is 2.31. The number of amides is 1. The number of aromatic amines is 1. The number of H-pyrrole nitrogens is 1. The molecular formula is C20H21ClN4O3S. The lowest BCUT2D eigenvalue weighted by Gasteiger charge is -2.24. The van der Waals surface area contributed by atoms with Crippen molar-refractivity contribution in [1.29, 1.82) is 0 Å². The summed E-state index contributed by atoms with van der Waals surface area (Å²) < 4.78 is 27.9. The molecule has 29 heavy (non-hydrogen) atoms. The Morgan fingerprint density at radius 1 is 1.14 bits per heavy atom. The Labute approximate surface area is 174 Å². The van der Waals surface area contributed by atoms with E-state index in [1.54, 1.807) is 62.4 Å². The second kappa shape index (κ2) is 8.26. The maximum absolute atomic E-state index is 13.4. The van der Waals surface area contributed by atoms with Gasteiger partial charge in [-0.15, -0.1) is 0 Å². The van der Waals surface area contributed by atoms with E-state index in [9.17, 15) is 13.2 Å². The third-order valence-corrected chi connectivity index (χ3v) is 6.60. The topological polar surface area (TPSA) is 95.2 Å². The van der Waals surface area contributed by atoms with Crippen molar-refractivity contribution in [2.45, 2.75) is 25.7 Å². The molecule has 2 N–H and O–H groups in total. The van der Waals surface area contributed by atoms with E-state index in [1.165, 1.54) is 0 Å². The van der Waals surface area contributed by atoms with Gasteiger partial charge < -0.3 is 5.32 Å². The number of rotatable bonds is 6. The Morgan fingerprint density at radius 3 is 2.41 bits per heavy atom. The molecule has 0 saturated carbocycles. The Hall–Kier alpha value is -2.84. The predicted molar refractivity (Wildman–Crippen MR) is 114 cm³/mol. The first-order valence-corrected chi connectivity index (χ1v) is 10.7. The van der Waals surface area contributed by atoms with Crippen LogP contribution >= 0.6 is 11.6 Å². The molecule has 0 atom stereocenters. The number of aromatic nitrogens is 2. The van der Waals surface area contributed by atoms with Crippen molar-refractivity contribution in [2.24, 2.45) is 0 Å². The second-order valence-corrected chi connectivity index (χ2v) is 8.90. The lowest BCUT2D eigenvalue weighted by molar-refractivity contribution is -0.114. The minimum absolute atomic E-state index is 0.0635. The molecule has 152 valence electrons. The average molecular weight is 433 g/mol. The summed E-state index contributed by atoms with van der Waals surface area (Å²) in [6.45, 7) is 4.74. The molecule has 3 aromatic rings. The summed E-state index contributed by atoms with van der Waals surface area (Å²) in [4.78, 5) is 12.7. The molecule has 3 rings (SSSR count). The number of carbonyl (C=O) groups is 1. The van der Waals surface area contributed by atoms with E-state index in [0.717, 1.165) is 9.87 Å². The number of hydrogen-bond donors (Lipinski definition) is 2. The number of hydrogen-bond acceptors (Lipinski definition) is 4. The fourth-order valence-corrected chi connectivity index (χ4v) is 4.90. The van der Waals surface area contributed by atoms with Gasteiger partial charge in [0.1, 0.15) is 11.4 Å². The van der Waals surface area contributed by atoms with Crippen molar-refractivity contribution in [3.05, 3.63) is 70.5 Å². The van der Waals surface area contributed by atoms with E-state index < -0.39 is 22.5 Å². The zero-order valence-electron chi connectivity index (χ0n) is 16.2. The standard InChI is InChI=1S/C20H21ClN4O3S/c1-13-7-9-18(10-8-13)25(29(27,28)20-14(2)23-24-15(20)3)12-19(26)22-17-6-4-5-16(21)11-17/h4-11H,12H2,1-3H3,(H,22,26)(H,23,24). The van der Waals surface area contributed by atoms with Crippen molar-refractivity contribution >= 4 is 38.9 Å². The van der Waals surface area contributed by atoms with Gasteiger partial charge in [0.25, 0.3) is 10.0 Å². The van der Waals surface area contributed by atoms with Gasteiger partial charge in [-0.1, -0.05) is 35.4 Å². The van der Waals surface area contributed by atoms with Gasteiger partial charge in [-0.2, -0.15) is 5.10 Å². The minimum Gasteiger partial charge on any atom is -0.324 e. The molecule has 0 bridgehead atoms. The van der Waals surface area contributed by atoms with Gasteiger partial charge in [-0.25, -0.2) is 8.42 Å². The van der Waals surface area contributed by atoms with Gasteiger partial charge in [0.2, 0.25) is 5.91 Å². The SMILES string of the molecule is Cc1ccc(N(CC(=O)Nc2cccc(Cl)c2)S(=O)(=O)c2c(C)n[nH]c2C)cc1. The molecule has 9 heteroatoms. The summed E-state index contributed by atoms with van der Waals surface area (Å²) in [5, 5.41) is 9.83. The first kappa shape index (κ1) is 20.9. The van der Waals surface area contributed by atoms with Crippen molar-refractivity contribution < 1.29 is 13.2 Å². The van der Waals surface area contributed by atoms with Gasteiger partial charge in [-0.05, 0) is 51.1 Å². The largest absolute Gasteiger partial charge is 0.324 e. The Bertz CT molecular complexity index is 1120. The fourth-order valence-electron chi connectivity index (χ4n) is 2.95. The number of carbonyl (C=O) groups excluding carboxylic acids is 1. The van der Waals surface area contributed by atoms with E-state index in [4.69, 9.17) is 11.6 Å². The number of halogens is 1. The van der Waals surface area contributed by atoms with Crippen LogP contribution in [0, 0.1) is 20.8 Å². The summed E-state index contributed by atoms with van der Waals surface area (Å²) in [5.41, 5.74) is 2.60. The monoisotopic (exact) mass is 432 g/mol. The number of nitrogens with zero attached hydrogens (tertiary/aromatic N) is 2. The molecule has 0 aliphatic heterocycles. The molecule has 0 unspecified atom stereocenters. The molecule has 7 nitrogen and oxygen atoms in total. The van der Waals surface area contributed by atoms with E-state index in [0.29, 0.717) is 27.8 Å². The number of aryl methyl sites for hydroxylation is 3. The fraction of sp³-hybridized carbons (Fsp3) is 0.200. The van der Waals surface area contributed by atoms with Gasteiger partial charge in [0.15, 0.2) is 0 Å². The lowest BCUT2D eigenvalue weighted by atomic mass is 10.2. The zero-order valence-corrected chi connectivity index (χ0v) is 17.8. The van der Waals surface area contributed by atoms with Gasteiger partial charge in [0.05, 0.1) is 17.1 Å². The number of benzene rings is 2. The molecule has 2 aromatic carbocycles. The van der Waals surface area contributed by atoms with Crippen LogP contribution in [0.15, 0.2) is 53.4 Å². The summed E-state index contributed by atoms with van der Waals surface area (Å²) in [7, 11) is -4.03. The molecule has 0 aliphatic rings. The number of anilines is 2. The first-order valence-electron chi connectivity index (χ1n) is 8.85. The quantitative estimate of drug-likeness (QED) is 0.618. The molecule has 0 spiro atoms. The third kappa shape index (κ3) is 4.60. The van der Waals surface area contributed by atoms with Crippen LogP contribution < -0.4 is 9.62 Å². The second-order valence-electron chi connectivity index (χ2n) is 6.67. The van der Waals surface area contributed by atoms with Crippen LogP contribution in [0.5, 0.6) is 0 Å². The highest BCUT2D eigenvalue weighted by atomic mass is 35.5. The van der Waals surface area contributed by atoms with Crippen molar-refractivity contribution in [3.63, 3.8) is 0 Å². The Morgan fingerprint density at radius 2 is 1.83 bits per heavy atom. The number of sulfonamides is 1. The van der Waals surface area contributed by atoms with E-state index >= 15 is 0 Å². The van der Waals surface area contributed by atoms with Crippen LogP contribution in [0.3, 0.4) is 0 Å². The molecule has 0 radical (unpaired) electrons. The van der Waals surface area contributed by atoms with Gasteiger partial charge in [-0.3, -0.25) is 14.2 Å². The summed E-state index contributed by atoms with van der Waals surface area (Å²) in [6.07, 6.45) is 0. The molecule has 0 aliphatic carbocycles. The maximum atomic E-state index is 13.4. The summed E-state index contributed by atoms with van der Waals surface area (Å²) in [5.74, 6) is -0.491. The zero-order chi connectivity index (χ0) is 21.2. The highest BCUT2D eigenvalue weighted by molar-refractivity contribution is 7.93. The summed E-state index contributed by atoms with van der Waals surface area (Å²) in [6, 6.07) is 13.6. The Kier molecular flexibility index (Phi) is 5.95. The normalized spacial score (nSPS) is 11.3. The number of nitrogens with one attached hydrogen (secondary N) is 2. The minimum atomic E-state index is -4.03. The van der Waals surface area contributed by atoms with Crippen molar-refractivity contribution in [1.82, 2.24) is 10.2 Å². The molecule has 0 fully saturated rings. The smallest absolute Gasteiger partial charge is 0.268 e. The van der Waals surface area contributed by atoms with E-state index in [2.05, 4.69) is 15.5 Å². The van der Waals surface area contributed by atoms with Crippen LogP contribution in [0.1, 0.15) is 17.0 Å². The van der Waals surface area contributed by atoms with Crippen LogP contribution in [-0.2, 0) is 14.8 Å². The first-order chi connectivity index (χ1) is 13.7. The lowest BCUT2D eigenvalue weighted by Crippen LogP contribution is -2.38. The average Bonchev–Trinajstić information content (AvgIpc) is 2.99. The van der Waals surface area contributed by atoms with Crippen LogP contribution in [0.2, 0.25) is 5.02 Å². The maximum Gasteiger partial charge on any atom is 0.268 e. The van der Waals surface area contributed by atoms with Crippen LogP contribution in [0.25, 0.3) is 0 Å². The molecule has 1 amide bonds. The van der Waals surface area contributed by atoms with Crippen LogP contribution in [-0.4, -0.2) is 31.1 Å². The molecule has 1 heterocycles. The molecule has 0 saturated heterocycles.